The fourth-order valence-corrected chi connectivity index (χ4v) is 4.10. The highest BCUT2D eigenvalue weighted by molar-refractivity contribution is 9.10. The molecule has 2 aliphatic rings. The molecule has 1 aliphatic carbocycles. The van der Waals surface area contributed by atoms with Gasteiger partial charge >= 0.3 is 6.03 Å². The number of aryl methyl sites for hydroxylation is 1. The van der Waals surface area contributed by atoms with Crippen molar-refractivity contribution in [3.8, 4) is 0 Å². The molecule has 0 radical (unpaired) electrons. The van der Waals surface area contributed by atoms with Gasteiger partial charge in [0.25, 0.3) is 5.91 Å². The smallest absolute Gasteiger partial charge is 0.325 e. The molecule has 2 N–H and O–H groups in total. The molecule has 27 heavy (non-hydrogen) atoms. The molecule has 7 heteroatoms. The molecule has 0 unspecified atom stereocenters. The normalized spacial score (nSPS) is 21.1. The van der Waals surface area contributed by atoms with Crippen LogP contribution in [0.4, 0.5) is 10.5 Å². The van der Waals surface area contributed by atoms with Crippen molar-refractivity contribution in [2.45, 2.75) is 24.8 Å². The van der Waals surface area contributed by atoms with E-state index in [0.29, 0.717) is 12.1 Å². The van der Waals surface area contributed by atoms with E-state index in [1.165, 1.54) is 0 Å². The molecule has 2 aromatic carbocycles. The monoisotopic (exact) mass is 427 g/mol. The highest BCUT2D eigenvalue weighted by Crippen LogP contribution is 2.39. The Bertz CT molecular complexity index is 928. The average Bonchev–Trinajstić information content (AvgIpc) is 2.89. The summed E-state index contributed by atoms with van der Waals surface area (Å²) in [5, 5.41) is 5.57. The maximum atomic E-state index is 13.1. The zero-order valence-corrected chi connectivity index (χ0v) is 16.1. The van der Waals surface area contributed by atoms with Crippen LogP contribution in [0.15, 0.2) is 53.0 Å². The first kappa shape index (κ1) is 17.7. The Balaban J connectivity index is 1.54. The second-order valence-electron chi connectivity index (χ2n) is 6.79. The molecule has 4 amide bonds. The zero-order chi connectivity index (χ0) is 19.0. The number of hydrogen-bond acceptors (Lipinski definition) is 3. The lowest BCUT2D eigenvalue weighted by Gasteiger charge is -2.33. The Morgan fingerprint density at radius 3 is 2.67 bits per heavy atom. The van der Waals surface area contributed by atoms with Crippen molar-refractivity contribution >= 4 is 39.5 Å². The third kappa shape index (κ3) is 3.12. The number of rotatable bonds is 3. The summed E-state index contributed by atoms with van der Waals surface area (Å²) in [6, 6.07) is 14.2. The van der Waals surface area contributed by atoms with Crippen LogP contribution in [-0.4, -0.2) is 29.3 Å². The van der Waals surface area contributed by atoms with Crippen molar-refractivity contribution in [3.05, 3.63) is 64.1 Å². The van der Waals surface area contributed by atoms with Crippen molar-refractivity contribution in [1.82, 2.24) is 10.2 Å². The quantitative estimate of drug-likeness (QED) is 0.738. The van der Waals surface area contributed by atoms with Crippen LogP contribution in [0, 0.1) is 0 Å². The third-order valence-electron chi connectivity index (χ3n) is 5.08. The van der Waals surface area contributed by atoms with Crippen LogP contribution >= 0.6 is 15.9 Å². The van der Waals surface area contributed by atoms with Crippen molar-refractivity contribution in [2.24, 2.45) is 0 Å². The predicted molar refractivity (Wildman–Crippen MR) is 104 cm³/mol. The van der Waals surface area contributed by atoms with Gasteiger partial charge in [-0.3, -0.25) is 14.5 Å². The van der Waals surface area contributed by atoms with E-state index in [1.54, 1.807) is 24.3 Å². The number of amides is 4. The molecule has 1 fully saturated rings. The first-order chi connectivity index (χ1) is 13.0. The van der Waals surface area contributed by atoms with Crippen LogP contribution in [0.3, 0.4) is 0 Å². The highest BCUT2D eigenvalue weighted by atomic mass is 79.9. The lowest BCUT2D eigenvalue weighted by atomic mass is 9.76. The number of carbonyl (C=O) groups is 3. The van der Waals surface area contributed by atoms with Crippen LogP contribution in [0.1, 0.15) is 24.0 Å². The summed E-state index contributed by atoms with van der Waals surface area (Å²) < 4.78 is 0.896. The van der Waals surface area contributed by atoms with Gasteiger partial charge in [0.1, 0.15) is 12.1 Å². The fraction of sp³-hybridized carbons (Fsp3) is 0.250. The predicted octanol–water partition coefficient (Wildman–Crippen LogP) is 3.17. The maximum Gasteiger partial charge on any atom is 0.325 e. The Hall–Kier alpha value is -2.67. The summed E-state index contributed by atoms with van der Waals surface area (Å²) in [5.41, 5.74) is 1.46. The Kier molecular flexibility index (Phi) is 4.47. The minimum atomic E-state index is -1.05. The van der Waals surface area contributed by atoms with E-state index in [1.807, 2.05) is 24.3 Å². The first-order valence-corrected chi connectivity index (χ1v) is 9.57. The summed E-state index contributed by atoms with van der Waals surface area (Å²) >= 11 is 3.33. The van der Waals surface area contributed by atoms with Crippen molar-refractivity contribution in [2.75, 3.05) is 11.9 Å². The summed E-state index contributed by atoms with van der Waals surface area (Å²) in [5.74, 6) is -0.771. The lowest BCUT2D eigenvalue weighted by molar-refractivity contribution is -0.134. The van der Waals surface area contributed by atoms with Gasteiger partial charge in [-0.1, -0.05) is 40.2 Å². The Labute approximate surface area is 165 Å². The molecular weight excluding hydrogens is 410 g/mol. The molecule has 138 valence electrons. The van der Waals surface area contributed by atoms with E-state index in [0.717, 1.165) is 33.3 Å². The molecule has 0 aromatic heterocycles. The maximum absolute atomic E-state index is 13.1. The molecule has 6 nitrogen and oxygen atoms in total. The number of halogens is 1. The first-order valence-electron chi connectivity index (χ1n) is 8.77. The molecule has 1 spiro atoms. The van der Waals surface area contributed by atoms with Crippen molar-refractivity contribution in [3.63, 3.8) is 0 Å². The largest absolute Gasteiger partial charge is 0.325 e. The topological polar surface area (TPSA) is 78.5 Å². The number of hydrogen-bond donors (Lipinski definition) is 2. The molecule has 0 saturated carbocycles. The third-order valence-corrected chi connectivity index (χ3v) is 5.61. The lowest BCUT2D eigenvalue weighted by Crippen LogP contribution is -2.47. The molecule has 1 saturated heterocycles. The summed E-state index contributed by atoms with van der Waals surface area (Å²) in [6.07, 6.45) is 2.23. The van der Waals surface area contributed by atoms with E-state index in [-0.39, 0.29) is 12.5 Å². The Morgan fingerprint density at radius 2 is 1.89 bits per heavy atom. The van der Waals surface area contributed by atoms with E-state index in [9.17, 15) is 14.4 Å². The van der Waals surface area contributed by atoms with Gasteiger partial charge in [0.05, 0.1) is 0 Å². The number of carbonyl (C=O) groups excluding carboxylic acids is 3. The average molecular weight is 428 g/mol. The van der Waals surface area contributed by atoms with Gasteiger partial charge in [-0.15, -0.1) is 0 Å². The van der Waals surface area contributed by atoms with E-state index in [2.05, 4.69) is 26.6 Å². The molecule has 1 heterocycles. The fourth-order valence-electron chi connectivity index (χ4n) is 3.83. The van der Waals surface area contributed by atoms with E-state index in [4.69, 9.17) is 0 Å². The SMILES string of the molecule is O=C(CN1C(=O)N[C@]2(CCCc3ccccc32)C1=O)Nc1ccc(Br)cc1. The molecule has 4 rings (SSSR count). The van der Waals surface area contributed by atoms with Gasteiger partial charge < -0.3 is 10.6 Å². The second-order valence-corrected chi connectivity index (χ2v) is 7.71. The van der Waals surface area contributed by atoms with Gasteiger partial charge in [-0.05, 0) is 54.7 Å². The number of imide groups is 1. The van der Waals surface area contributed by atoms with Crippen molar-refractivity contribution in [1.29, 1.82) is 0 Å². The van der Waals surface area contributed by atoms with Gasteiger partial charge in [-0.25, -0.2) is 4.79 Å². The number of nitrogens with zero attached hydrogens (tertiary/aromatic N) is 1. The number of urea groups is 1. The number of anilines is 1. The minimum absolute atomic E-state index is 0.315. The van der Waals surface area contributed by atoms with E-state index >= 15 is 0 Å². The van der Waals surface area contributed by atoms with Crippen LogP contribution < -0.4 is 10.6 Å². The van der Waals surface area contributed by atoms with Crippen LogP contribution in [-0.2, 0) is 21.5 Å². The number of nitrogens with one attached hydrogen (secondary N) is 2. The molecule has 1 aliphatic heterocycles. The minimum Gasteiger partial charge on any atom is -0.325 e. The number of fused-ring (bicyclic) bond motifs is 2. The van der Waals surface area contributed by atoms with Crippen molar-refractivity contribution < 1.29 is 14.4 Å². The molecular formula is C20H18BrN3O3. The molecule has 2 aromatic rings. The van der Waals surface area contributed by atoms with Crippen LogP contribution in [0.25, 0.3) is 0 Å². The van der Waals surface area contributed by atoms with Gasteiger partial charge in [0.15, 0.2) is 0 Å². The van der Waals surface area contributed by atoms with Crippen LogP contribution in [0.2, 0.25) is 0 Å². The number of benzene rings is 2. The van der Waals surface area contributed by atoms with Crippen LogP contribution in [0.5, 0.6) is 0 Å². The second kappa shape index (κ2) is 6.81. The summed E-state index contributed by atoms with van der Waals surface area (Å²) in [6.45, 7) is -0.315. The van der Waals surface area contributed by atoms with Gasteiger partial charge in [0, 0.05) is 10.2 Å². The zero-order valence-electron chi connectivity index (χ0n) is 14.5. The summed E-state index contributed by atoms with van der Waals surface area (Å²) in [4.78, 5) is 39.0. The molecule has 0 bridgehead atoms. The standard InChI is InChI=1S/C20H18BrN3O3/c21-14-7-9-15(10-8-14)22-17(25)12-24-18(26)20(23-19(24)27)11-3-5-13-4-1-2-6-16(13)20/h1-2,4,6-10H,3,5,11-12H2,(H,22,25)(H,23,27)/t20-/m0/s1. The van der Waals surface area contributed by atoms with E-state index < -0.39 is 17.5 Å². The Morgan fingerprint density at radius 1 is 1.15 bits per heavy atom. The summed E-state index contributed by atoms with van der Waals surface area (Å²) in [7, 11) is 0. The molecule has 1 atom stereocenters. The highest BCUT2D eigenvalue weighted by Gasteiger charge is 2.54. The van der Waals surface area contributed by atoms with Gasteiger partial charge in [-0.2, -0.15) is 0 Å². The van der Waals surface area contributed by atoms with Gasteiger partial charge in [0.2, 0.25) is 5.91 Å².